The number of hydrogen-bond donors (Lipinski definition) is 0. The van der Waals surface area contributed by atoms with E-state index in [4.69, 9.17) is 9.47 Å². The van der Waals surface area contributed by atoms with Crippen molar-refractivity contribution in [2.45, 2.75) is 51.0 Å². The molecule has 2 aliphatic carbocycles. The van der Waals surface area contributed by atoms with Crippen LogP contribution in [-0.4, -0.2) is 24.1 Å². The fourth-order valence-corrected chi connectivity index (χ4v) is 3.35. The van der Waals surface area contributed by atoms with Gasteiger partial charge in [-0.15, -0.1) is 0 Å². The third-order valence-electron chi connectivity index (χ3n) is 4.32. The first kappa shape index (κ1) is 14.1. The topological polar surface area (TPSA) is 52.6 Å². The molecule has 0 aromatic heterocycles. The summed E-state index contributed by atoms with van der Waals surface area (Å²) in [5.74, 6) is -0.278. The first-order valence-electron chi connectivity index (χ1n) is 7.15. The van der Waals surface area contributed by atoms with Crippen molar-refractivity contribution in [1.82, 2.24) is 0 Å². The molecule has 106 valence electrons. The van der Waals surface area contributed by atoms with E-state index in [0.29, 0.717) is 18.9 Å². The normalized spacial score (nSPS) is 32.1. The van der Waals surface area contributed by atoms with Crippen molar-refractivity contribution in [3.8, 4) is 0 Å². The fourth-order valence-electron chi connectivity index (χ4n) is 3.35. The number of carbonyl (C=O) groups is 2. The molecule has 19 heavy (non-hydrogen) atoms. The maximum absolute atomic E-state index is 12.3. The minimum absolute atomic E-state index is 0.121. The standard InChI is InChI=1S/C15H22O4/c1-3-5-8-18-14(17)15(19-13(16)4-2)10-11-6-7-12(15)9-11/h4,11-12H,2-3,5-10H2,1H3. The van der Waals surface area contributed by atoms with Gasteiger partial charge in [0, 0.05) is 18.4 Å². The van der Waals surface area contributed by atoms with E-state index in [-0.39, 0.29) is 11.9 Å². The van der Waals surface area contributed by atoms with Crippen molar-refractivity contribution in [3.05, 3.63) is 12.7 Å². The van der Waals surface area contributed by atoms with Gasteiger partial charge in [0.15, 0.2) is 0 Å². The molecule has 4 nitrogen and oxygen atoms in total. The number of fused-ring (bicyclic) bond motifs is 2. The Bertz CT molecular complexity index is 376. The van der Waals surface area contributed by atoms with E-state index in [2.05, 4.69) is 6.58 Å². The van der Waals surface area contributed by atoms with Crippen molar-refractivity contribution in [1.29, 1.82) is 0 Å². The summed E-state index contributed by atoms with van der Waals surface area (Å²) in [6, 6.07) is 0. The fraction of sp³-hybridized carbons (Fsp3) is 0.733. The van der Waals surface area contributed by atoms with Crippen molar-refractivity contribution in [3.63, 3.8) is 0 Å². The van der Waals surface area contributed by atoms with Crippen molar-refractivity contribution in [2.75, 3.05) is 6.61 Å². The molecule has 3 unspecified atom stereocenters. The van der Waals surface area contributed by atoms with Gasteiger partial charge >= 0.3 is 11.9 Å². The van der Waals surface area contributed by atoms with Gasteiger partial charge in [-0.3, -0.25) is 0 Å². The summed E-state index contributed by atoms with van der Waals surface area (Å²) in [5, 5.41) is 0. The Kier molecular flexibility index (Phi) is 4.27. The monoisotopic (exact) mass is 266 g/mol. The van der Waals surface area contributed by atoms with E-state index in [0.717, 1.165) is 38.2 Å². The van der Waals surface area contributed by atoms with E-state index < -0.39 is 11.6 Å². The average molecular weight is 266 g/mol. The molecule has 0 aromatic rings. The van der Waals surface area contributed by atoms with Gasteiger partial charge in [-0.2, -0.15) is 0 Å². The lowest BCUT2D eigenvalue weighted by Crippen LogP contribution is -2.48. The van der Waals surface area contributed by atoms with E-state index in [1.54, 1.807) is 0 Å². The third kappa shape index (κ3) is 2.67. The highest BCUT2D eigenvalue weighted by Gasteiger charge is 2.59. The second-order valence-corrected chi connectivity index (χ2v) is 5.58. The zero-order valence-electron chi connectivity index (χ0n) is 11.5. The number of rotatable bonds is 6. The maximum atomic E-state index is 12.3. The molecule has 0 aromatic carbocycles. The van der Waals surface area contributed by atoms with Gasteiger partial charge in [0.2, 0.25) is 5.60 Å². The number of esters is 2. The van der Waals surface area contributed by atoms with E-state index >= 15 is 0 Å². The highest BCUT2D eigenvalue weighted by Crippen LogP contribution is 2.53. The Hall–Kier alpha value is -1.32. The average Bonchev–Trinajstić information content (AvgIpc) is 2.99. The zero-order chi connectivity index (χ0) is 13.9. The first-order valence-corrected chi connectivity index (χ1v) is 7.15. The van der Waals surface area contributed by atoms with Gasteiger partial charge in [-0.05, 0) is 31.6 Å². The minimum Gasteiger partial charge on any atom is -0.463 e. The number of unbranched alkanes of at least 4 members (excludes halogenated alkanes) is 1. The van der Waals surface area contributed by atoms with Crippen LogP contribution in [0.2, 0.25) is 0 Å². The Morgan fingerprint density at radius 1 is 1.42 bits per heavy atom. The molecule has 2 aliphatic rings. The number of carbonyl (C=O) groups excluding carboxylic acids is 2. The molecule has 4 heteroatoms. The lowest BCUT2D eigenvalue weighted by Gasteiger charge is -2.34. The summed E-state index contributed by atoms with van der Waals surface area (Å²) in [6.07, 6.45) is 6.57. The second kappa shape index (κ2) is 5.76. The first-order chi connectivity index (χ1) is 9.12. The molecule has 2 saturated carbocycles. The van der Waals surface area contributed by atoms with Gasteiger partial charge in [0.25, 0.3) is 0 Å². The van der Waals surface area contributed by atoms with Crippen LogP contribution in [-0.2, 0) is 19.1 Å². The number of ether oxygens (including phenoxy) is 2. The molecule has 3 atom stereocenters. The molecule has 0 aliphatic heterocycles. The maximum Gasteiger partial charge on any atom is 0.350 e. The van der Waals surface area contributed by atoms with Crippen LogP contribution in [0.5, 0.6) is 0 Å². The largest absolute Gasteiger partial charge is 0.463 e. The zero-order valence-corrected chi connectivity index (χ0v) is 11.5. The van der Waals surface area contributed by atoms with Gasteiger partial charge in [-0.1, -0.05) is 19.9 Å². The summed E-state index contributed by atoms with van der Waals surface area (Å²) in [6.45, 7) is 5.85. The van der Waals surface area contributed by atoms with E-state index in [9.17, 15) is 9.59 Å². The SMILES string of the molecule is C=CC(=O)OC1(C(=O)OCCCC)CC2CCC1C2. The van der Waals surface area contributed by atoms with Gasteiger partial charge in [0.05, 0.1) is 6.61 Å². The van der Waals surface area contributed by atoms with Crippen LogP contribution >= 0.6 is 0 Å². The minimum atomic E-state index is -1.04. The Morgan fingerprint density at radius 2 is 2.21 bits per heavy atom. The smallest absolute Gasteiger partial charge is 0.350 e. The molecule has 2 bridgehead atoms. The molecule has 0 N–H and O–H groups in total. The summed E-state index contributed by atoms with van der Waals surface area (Å²) < 4.78 is 10.8. The Morgan fingerprint density at radius 3 is 2.74 bits per heavy atom. The molecule has 0 spiro atoms. The summed E-state index contributed by atoms with van der Waals surface area (Å²) >= 11 is 0. The summed E-state index contributed by atoms with van der Waals surface area (Å²) in [5.41, 5.74) is -1.04. The molecule has 0 saturated heterocycles. The van der Waals surface area contributed by atoms with Crippen molar-refractivity contribution < 1.29 is 19.1 Å². The summed E-state index contributed by atoms with van der Waals surface area (Å²) in [7, 11) is 0. The molecule has 0 radical (unpaired) electrons. The molecule has 2 rings (SSSR count). The highest BCUT2D eigenvalue weighted by molar-refractivity contribution is 5.88. The summed E-state index contributed by atoms with van der Waals surface area (Å²) in [4.78, 5) is 23.9. The van der Waals surface area contributed by atoms with Crippen LogP contribution in [0.4, 0.5) is 0 Å². The highest BCUT2D eigenvalue weighted by atomic mass is 16.6. The molecular formula is C15H22O4. The molecule has 2 fully saturated rings. The molecule has 0 amide bonds. The van der Waals surface area contributed by atoms with Gasteiger partial charge in [-0.25, -0.2) is 9.59 Å². The van der Waals surface area contributed by atoms with Crippen molar-refractivity contribution >= 4 is 11.9 Å². The molecular weight excluding hydrogens is 244 g/mol. The Balaban J connectivity index is 2.08. The predicted octanol–water partition coefficient (Wildman–Crippen LogP) is 2.62. The van der Waals surface area contributed by atoms with Crippen LogP contribution in [0.3, 0.4) is 0 Å². The quantitative estimate of drug-likeness (QED) is 0.421. The van der Waals surface area contributed by atoms with Crippen LogP contribution in [0.1, 0.15) is 45.4 Å². The van der Waals surface area contributed by atoms with Crippen LogP contribution in [0, 0.1) is 11.8 Å². The van der Waals surface area contributed by atoms with Crippen LogP contribution in [0.25, 0.3) is 0 Å². The predicted molar refractivity (Wildman–Crippen MR) is 70.3 cm³/mol. The lowest BCUT2D eigenvalue weighted by molar-refractivity contribution is -0.186. The number of hydrogen-bond acceptors (Lipinski definition) is 4. The van der Waals surface area contributed by atoms with Crippen LogP contribution < -0.4 is 0 Å². The molecule has 0 heterocycles. The third-order valence-corrected chi connectivity index (χ3v) is 4.32. The van der Waals surface area contributed by atoms with Crippen molar-refractivity contribution in [2.24, 2.45) is 11.8 Å². The van der Waals surface area contributed by atoms with Crippen LogP contribution in [0.15, 0.2) is 12.7 Å². The Labute approximate surface area is 114 Å². The van der Waals surface area contributed by atoms with E-state index in [1.165, 1.54) is 0 Å². The van der Waals surface area contributed by atoms with E-state index in [1.807, 2.05) is 6.92 Å². The second-order valence-electron chi connectivity index (χ2n) is 5.58. The van der Waals surface area contributed by atoms with Gasteiger partial charge in [0.1, 0.15) is 0 Å². The van der Waals surface area contributed by atoms with Gasteiger partial charge < -0.3 is 9.47 Å². The lowest BCUT2D eigenvalue weighted by atomic mass is 9.84.